The first-order valence-electron chi connectivity index (χ1n) is 8.53. The summed E-state index contributed by atoms with van der Waals surface area (Å²) in [5, 5.41) is 5.79. The lowest BCUT2D eigenvalue weighted by Crippen LogP contribution is -2.34. The third-order valence-electron chi connectivity index (χ3n) is 4.06. The number of urea groups is 1. The molecule has 27 heavy (non-hydrogen) atoms. The van der Waals surface area contributed by atoms with Gasteiger partial charge in [0.05, 0.1) is 11.7 Å². The van der Waals surface area contributed by atoms with Crippen molar-refractivity contribution in [3.63, 3.8) is 0 Å². The quantitative estimate of drug-likeness (QED) is 0.631. The van der Waals surface area contributed by atoms with Crippen molar-refractivity contribution < 1.29 is 14.0 Å². The van der Waals surface area contributed by atoms with Crippen LogP contribution in [-0.4, -0.2) is 23.4 Å². The minimum absolute atomic E-state index is 0.230. The molecule has 1 atom stereocenters. The van der Waals surface area contributed by atoms with Crippen LogP contribution in [0.25, 0.3) is 0 Å². The number of thioether (sulfide) groups is 2. The van der Waals surface area contributed by atoms with Gasteiger partial charge in [0.1, 0.15) is 5.82 Å². The number of hydrogen-bond donors (Lipinski definition) is 3. The van der Waals surface area contributed by atoms with Crippen LogP contribution in [0.5, 0.6) is 0 Å². The number of nitrogens with two attached hydrogens (primary N) is 1. The van der Waals surface area contributed by atoms with Crippen molar-refractivity contribution in [2.75, 3.05) is 16.8 Å². The molecule has 8 heteroatoms. The van der Waals surface area contributed by atoms with E-state index in [1.54, 1.807) is 23.9 Å². The fourth-order valence-corrected chi connectivity index (χ4v) is 4.87. The number of carbonyl (C=O) groups excluding carboxylic acids is 2. The number of rotatable bonds is 6. The number of benzene rings is 2. The second-order valence-electron chi connectivity index (χ2n) is 6.03. The summed E-state index contributed by atoms with van der Waals surface area (Å²) in [4.78, 5) is 25.3. The molecule has 0 spiro atoms. The molecule has 1 unspecified atom stereocenters. The molecule has 1 aliphatic heterocycles. The van der Waals surface area contributed by atoms with Gasteiger partial charge in [0, 0.05) is 27.7 Å². The number of primary amides is 1. The number of carbonyl (C=O) groups is 2. The summed E-state index contributed by atoms with van der Waals surface area (Å²) in [5.74, 6) is 0.747. The van der Waals surface area contributed by atoms with Crippen LogP contribution in [0.2, 0.25) is 0 Å². The van der Waals surface area contributed by atoms with Gasteiger partial charge in [-0.3, -0.25) is 4.79 Å². The van der Waals surface area contributed by atoms with Crippen LogP contribution in [0.4, 0.5) is 14.9 Å². The van der Waals surface area contributed by atoms with Gasteiger partial charge in [0.2, 0.25) is 5.91 Å². The third-order valence-corrected chi connectivity index (χ3v) is 6.26. The molecule has 4 N–H and O–H groups in total. The molecule has 2 aromatic carbocycles. The van der Waals surface area contributed by atoms with Gasteiger partial charge in [-0.05, 0) is 42.3 Å². The van der Waals surface area contributed by atoms with E-state index in [9.17, 15) is 14.0 Å². The van der Waals surface area contributed by atoms with Gasteiger partial charge in [0.25, 0.3) is 0 Å². The molecule has 2 aromatic rings. The standard InChI is InChI=1S/C19H20FN3O2S2/c20-12-5-6-16-13(11-12)14(7-9-26-16)22-19(25)23-15-3-1-2-4-17(15)27-10-8-18(21)24/h1-6,11,14H,7-10H2,(H2,21,24)(H2,22,23,25). The van der Waals surface area contributed by atoms with Crippen molar-refractivity contribution >= 4 is 41.1 Å². The zero-order valence-corrected chi connectivity index (χ0v) is 16.2. The number of nitrogens with one attached hydrogen (secondary N) is 2. The second-order valence-corrected chi connectivity index (χ2v) is 8.30. The summed E-state index contributed by atoms with van der Waals surface area (Å²) in [7, 11) is 0. The smallest absolute Gasteiger partial charge is 0.319 e. The Morgan fingerprint density at radius 3 is 2.89 bits per heavy atom. The molecule has 3 rings (SSSR count). The van der Waals surface area contributed by atoms with E-state index in [4.69, 9.17) is 5.73 Å². The molecular formula is C19H20FN3O2S2. The fraction of sp³-hybridized carbons (Fsp3) is 0.263. The van der Waals surface area contributed by atoms with Gasteiger partial charge in [-0.1, -0.05) is 12.1 Å². The van der Waals surface area contributed by atoms with Crippen LogP contribution < -0.4 is 16.4 Å². The van der Waals surface area contributed by atoms with Gasteiger partial charge in [-0.15, -0.1) is 23.5 Å². The Bertz CT molecular complexity index is 847. The molecule has 0 bridgehead atoms. The summed E-state index contributed by atoms with van der Waals surface area (Å²) in [5.41, 5.74) is 6.64. The topological polar surface area (TPSA) is 84.2 Å². The van der Waals surface area contributed by atoms with Crippen molar-refractivity contribution in [2.24, 2.45) is 5.73 Å². The molecule has 1 heterocycles. The maximum Gasteiger partial charge on any atom is 0.319 e. The minimum atomic E-state index is -0.355. The van der Waals surface area contributed by atoms with Crippen LogP contribution in [0.3, 0.4) is 0 Å². The van der Waals surface area contributed by atoms with E-state index in [2.05, 4.69) is 10.6 Å². The fourth-order valence-electron chi connectivity index (χ4n) is 2.79. The molecule has 0 saturated heterocycles. The SMILES string of the molecule is NC(=O)CCSc1ccccc1NC(=O)NC1CCSc2ccc(F)cc21. The van der Waals surface area contributed by atoms with Crippen LogP contribution in [0, 0.1) is 5.82 Å². The third kappa shape index (κ3) is 5.40. The van der Waals surface area contributed by atoms with Gasteiger partial charge in [-0.2, -0.15) is 0 Å². The largest absolute Gasteiger partial charge is 0.370 e. The van der Waals surface area contributed by atoms with Gasteiger partial charge >= 0.3 is 6.03 Å². The lowest BCUT2D eigenvalue weighted by molar-refractivity contribution is -0.117. The Morgan fingerprint density at radius 1 is 1.26 bits per heavy atom. The first-order valence-corrected chi connectivity index (χ1v) is 10.5. The summed E-state index contributed by atoms with van der Waals surface area (Å²) in [6, 6.07) is 11.5. The lowest BCUT2D eigenvalue weighted by atomic mass is 10.0. The van der Waals surface area contributed by atoms with Crippen molar-refractivity contribution in [3.05, 3.63) is 53.8 Å². The molecule has 5 nitrogen and oxygen atoms in total. The van der Waals surface area contributed by atoms with Crippen LogP contribution in [0.15, 0.2) is 52.3 Å². The maximum absolute atomic E-state index is 13.6. The van der Waals surface area contributed by atoms with Crippen molar-refractivity contribution in [1.82, 2.24) is 5.32 Å². The molecule has 0 aliphatic carbocycles. The summed E-state index contributed by atoms with van der Waals surface area (Å²) < 4.78 is 13.6. The first-order chi connectivity index (χ1) is 13.0. The van der Waals surface area contributed by atoms with Gasteiger partial charge < -0.3 is 16.4 Å². The number of amides is 3. The lowest BCUT2D eigenvalue weighted by Gasteiger charge is -2.26. The van der Waals surface area contributed by atoms with E-state index < -0.39 is 0 Å². The molecular weight excluding hydrogens is 385 g/mol. The van der Waals surface area contributed by atoms with E-state index in [1.807, 2.05) is 18.2 Å². The first kappa shape index (κ1) is 19.6. The Balaban J connectivity index is 1.65. The van der Waals surface area contributed by atoms with Crippen molar-refractivity contribution in [3.8, 4) is 0 Å². The van der Waals surface area contributed by atoms with Crippen LogP contribution in [0.1, 0.15) is 24.4 Å². The van der Waals surface area contributed by atoms with Gasteiger partial charge in [-0.25, -0.2) is 9.18 Å². The number of fused-ring (bicyclic) bond motifs is 1. The summed E-state index contributed by atoms with van der Waals surface area (Å²) in [6.45, 7) is 0. The highest BCUT2D eigenvalue weighted by Crippen LogP contribution is 2.36. The monoisotopic (exact) mass is 405 g/mol. The van der Waals surface area contributed by atoms with E-state index in [0.717, 1.165) is 27.5 Å². The zero-order chi connectivity index (χ0) is 19.2. The van der Waals surface area contributed by atoms with Crippen molar-refractivity contribution in [2.45, 2.75) is 28.7 Å². The summed E-state index contributed by atoms with van der Waals surface area (Å²) in [6.07, 6.45) is 1.01. The molecule has 3 amide bonds. The molecule has 0 aromatic heterocycles. The van der Waals surface area contributed by atoms with Crippen molar-refractivity contribution in [1.29, 1.82) is 0 Å². The summed E-state index contributed by atoms with van der Waals surface area (Å²) >= 11 is 3.12. The molecule has 1 aliphatic rings. The van der Waals surface area contributed by atoms with Gasteiger partial charge in [0.15, 0.2) is 0 Å². The van der Waals surface area contributed by atoms with E-state index in [-0.39, 0.29) is 30.2 Å². The highest BCUT2D eigenvalue weighted by atomic mass is 32.2. The molecule has 142 valence electrons. The number of halogens is 1. The van der Waals surface area contributed by atoms with Crippen LogP contribution >= 0.6 is 23.5 Å². The number of hydrogen-bond acceptors (Lipinski definition) is 4. The minimum Gasteiger partial charge on any atom is -0.370 e. The highest BCUT2D eigenvalue weighted by Gasteiger charge is 2.23. The average Bonchev–Trinajstić information content (AvgIpc) is 2.63. The Kier molecular flexibility index (Phi) is 6.63. The van der Waals surface area contributed by atoms with E-state index in [1.165, 1.54) is 23.9 Å². The number of para-hydroxylation sites is 1. The zero-order valence-electron chi connectivity index (χ0n) is 14.5. The second kappa shape index (κ2) is 9.14. The van der Waals surface area contributed by atoms with E-state index in [0.29, 0.717) is 11.4 Å². The molecule has 0 saturated carbocycles. The Morgan fingerprint density at radius 2 is 2.07 bits per heavy atom. The van der Waals surface area contributed by atoms with Crippen LogP contribution in [-0.2, 0) is 4.79 Å². The predicted molar refractivity (Wildman–Crippen MR) is 108 cm³/mol. The Labute approximate surface area is 165 Å². The van der Waals surface area contributed by atoms with E-state index >= 15 is 0 Å². The predicted octanol–water partition coefficient (Wildman–Crippen LogP) is 4.15. The molecule has 0 fully saturated rings. The molecule has 0 radical (unpaired) electrons. The maximum atomic E-state index is 13.6. The highest BCUT2D eigenvalue weighted by molar-refractivity contribution is 7.99. The normalized spacial score (nSPS) is 15.7. The Hall–Kier alpha value is -2.19. The number of anilines is 1. The average molecular weight is 406 g/mol.